The van der Waals surface area contributed by atoms with Crippen molar-refractivity contribution in [3.05, 3.63) is 58.6 Å². The fraction of sp³-hybridized carbons (Fsp3) is 0.222. The number of hydrogen-bond acceptors (Lipinski definition) is 8. The summed E-state index contributed by atoms with van der Waals surface area (Å²) in [5.74, 6) is 2.42. The number of ether oxygens (including phenoxy) is 2. The normalized spacial score (nSPS) is 10.6. The van der Waals surface area contributed by atoms with Gasteiger partial charge in [-0.25, -0.2) is 0 Å². The minimum atomic E-state index is -0.440. The van der Waals surface area contributed by atoms with Crippen molar-refractivity contribution in [1.82, 2.24) is 10.2 Å². The molecule has 27 heavy (non-hydrogen) atoms. The Kier molecular flexibility index (Phi) is 6.26. The van der Waals surface area contributed by atoms with Gasteiger partial charge in [0.1, 0.15) is 11.5 Å². The summed E-state index contributed by atoms with van der Waals surface area (Å²) in [6, 6.07) is 13.5. The van der Waals surface area contributed by atoms with Crippen molar-refractivity contribution in [3.8, 4) is 23.0 Å². The Morgan fingerprint density at radius 2 is 1.93 bits per heavy atom. The summed E-state index contributed by atoms with van der Waals surface area (Å²) in [6.07, 6.45) is 0.758. The largest absolute Gasteiger partial charge is 0.496 e. The minimum Gasteiger partial charge on any atom is -0.496 e. The molecule has 1 aromatic heterocycles. The summed E-state index contributed by atoms with van der Waals surface area (Å²) in [5.41, 5.74) is 0.793. The molecule has 0 unspecified atom stereocenters. The zero-order valence-electron chi connectivity index (χ0n) is 14.5. The van der Waals surface area contributed by atoms with Gasteiger partial charge in [-0.05, 0) is 30.7 Å². The predicted octanol–water partition coefficient (Wildman–Crippen LogP) is 4.21. The molecule has 1 heterocycles. The van der Waals surface area contributed by atoms with Gasteiger partial charge in [0.2, 0.25) is 0 Å². The van der Waals surface area contributed by atoms with Gasteiger partial charge in [-0.1, -0.05) is 23.9 Å². The van der Waals surface area contributed by atoms with Crippen LogP contribution in [0.5, 0.6) is 11.5 Å². The molecule has 9 heteroatoms. The first kappa shape index (κ1) is 18.7. The van der Waals surface area contributed by atoms with Crippen molar-refractivity contribution in [2.24, 2.45) is 0 Å². The summed E-state index contributed by atoms with van der Waals surface area (Å²) < 4.78 is 16.5. The number of nitro groups is 1. The van der Waals surface area contributed by atoms with Crippen LogP contribution in [0.1, 0.15) is 6.42 Å². The first-order valence-electron chi connectivity index (χ1n) is 8.14. The Labute approximate surface area is 159 Å². The van der Waals surface area contributed by atoms with Crippen molar-refractivity contribution >= 4 is 17.4 Å². The molecular formula is C18H17N3O5S. The maximum absolute atomic E-state index is 10.6. The molecule has 0 N–H and O–H groups in total. The van der Waals surface area contributed by atoms with Crippen LogP contribution in [0, 0.1) is 10.1 Å². The highest BCUT2D eigenvalue weighted by Gasteiger charge is 2.13. The molecule has 140 valence electrons. The second-order valence-corrected chi connectivity index (χ2v) is 6.42. The van der Waals surface area contributed by atoms with Crippen LogP contribution in [0.3, 0.4) is 0 Å². The van der Waals surface area contributed by atoms with Gasteiger partial charge in [0, 0.05) is 17.9 Å². The summed E-state index contributed by atoms with van der Waals surface area (Å²) in [7, 11) is 1.59. The first-order valence-corrected chi connectivity index (χ1v) is 9.13. The average molecular weight is 387 g/mol. The Balaban J connectivity index is 1.45. The van der Waals surface area contributed by atoms with Gasteiger partial charge in [0.15, 0.2) is 0 Å². The molecule has 0 amide bonds. The number of methoxy groups -OCH3 is 1. The SMILES string of the molecule is COc1ccccc1-c1nnc(SCCCOc2ccc([N+](=O)[O-])cc2)o1. The van der Waals surface area contributed by atoms with E-state index in [1.54, 1.807) is 19.2 Å². The zero-order valence-corrected chi connectivity index (χ0v) is 15.3. The molecule has 0 aliphatic rings. The number of nitro benzene ring substituents is 1. The number of benzene rings is 2. The van der Waals surface area contributed by atoms with Crippen LogP contribution in [0.2, 0.25) is 0 Å². The first-order chi connectivity index (χ1) is 13.2. The fourth-order valence-electron chi connectivity index (χ4n) is 2.27. The van der Waals surface area contributed by atoms with Gasteiger partial charge in [-0.3, -0.25) is 10.1 Å². The maximum Gasteiger partial charge on any atom is 0.276 e. The maximum atomic E-state index is 10.6. The summed E-state index contributed by atoms with van der Waals surface area (Å²) in [6.45, 7) is 0.484. The monoisotopic (exact) mass is 387 g/mol. The lowest BCUT2D eigenvalue weighted by Crippen LogP contribution is -1.98. The Morgan fingerprint density at radius 1 is 1.15 bits per heavy atom. The van der Waals surface area contributed by atoms with Crippen LogP contribution < -0.4 is 9.47 Å². The smallest absolute Gasteiger partial charge is 0.276 e. The van der Waals surface area contributed by atoms with Crippen molar-refractivity contribution in [3.63, 3.8) is 0 Å². The highest BCUT2D eigenvalue weighted by molar-refractivity contribution is 7.99. The van der Waals surface area contributed by atoms with Gasteiger partial charge in [0.25, 0.3) is 16.8 Å². The molecule has 0 aliphatic carbocycles. The molecule has 0 fully saturated rings. The van der Waals surface area contributed by atoms with Crippen LogP contribution >= 0.6 is 11.8 Å². The van der Waals surface area contributed by atoms with Gasteiger partial charge in [0.05, 0.1) is 24.2 Å². The average Bonchev–Trinajstić information content (AvgIpc) is 3.17. The van der Waals surface area contributed by atoms with Crippen LogP contribution in [0.25, 0.3) is 11.5 Å². The van der Waals surface area contributed by atoms with E-state index in [4.69, 9.17) is 13.9 Å². The highest BCUT2D eigenvalue weighted by Crippen LogP contribution is 2.30. The summed E-state index contributed by atoms with van der Waals surface area (Å²) in [5, 5.41) is 19.2. The van der Waals surface area contributed by atoms with Crippen molar-refractivity contribution in [1.29, 1.82) is 0 Å². The van der Waals surface area contributed by atoms with E-state index in [2.05, 4.69) is 10.2 Å². The van der Waals surface area contributed by atoms with Crippen molar-refractivity contribution < 1.29 is 18.8 Å². The summed E-state index contributed by atoms with van der Waals surface area (Å²) >= 11 is 1.44. The standard InChI is InChI=1S/C18H17N3O5S/c1-24-16-6-3-2-5-15(16)17-19-20-18(26-17)27-12-4-11-25-14-9-7-13(8-10-14)21(22)23/h2-3,5-10H,4,11-12H2,1H3. The lowest BCUT2D eigenvalue weighted by molar-refractivity contribution is -0.384. The number of thioether (sulfide) groups is 1. The van der Waals surface area contributed by atoms with Gasteiger partial charge >= 0.3 is 0 Å². The van der Waals surface area contributed by atoms with E-state index >= 15 is 0 Å². The third kappa shape index (κ3) is 4.98. The van der Waals surface area contributed by atoms with Crippen molar-refractivity contribution in [2.75, 3.05) is 19.5 Å². The van der Waals surface area contributed by atoms with Crippen LogP contribution in [0.4, 0.5) is 5.69 Å². The van der Waals surface area contributed by atoms with E-state index in [0.29, 0.717) is 29.2 Å². The van der Waals surface area contributed by atoms with Crippen molar-refractivity contribution in [2.45, 2.75) is 11.6 Å². The molecule has 0 saturated carbocycles. The molecule has 3 aromatic rings. The molecule has 0 atom stereocenters. The lowest BCUT2D eigenvalue weighted by atomic mass is 10.2. The molecule has 0 saturated heterocycles. The van der Waals surface area contributed by atoms with E-state index in [-0.39, 0.29) is 5.69 Å². The number of hydrogen-bond donors (Lipinski definition) is 0. The summed E-state index contributed by atoms with van der Waals surface area (Å²) in [4.78, 5) is 10.2. The van der Waals surface area contributed by atoms with Crippen LogP contribution in [0.15, 0.2) is 58.2 Å². The number of non-ortho nitro benzene ring substituents is 1. The molecule has 0 aliphatic heterocycles. The molecular weight excluding hydrogens is 370 g/mol. The minimum absolute atomic E-state index is 0.0418. The molecule has 0 spiro atoms. The zero-order chi connectivity index (χ0) is 19.1. The highest BCUT2D eigenvalue weighted by atomic mass is 32.2. The van der Waals surface area contributed by atoms with E-state index in [0.717, 1.165) is 17.7 Å². The quantitative estimate of drug-likeness (QED) is 0.233. The lowest BCUT2D eigenvalue weighted by Gasteiger charge is -2.05. The number of aromatic nitrogens is 2. The Hall–Kier alpha value is -3.07. The molecule has 3 rings (SSSR count). The van der Waals surface area contributed by atoms with E-state index in [9.17, 15) is 10.1 Å². The van der Waals surface area contributed by atoms with Crippen LogP contribution in [-0.2, 0) is 0 Å². The Morgan fingerprint density at radius 3 is 2.67 bits per heavy atom. The van der Waals surface area contributed by atoms with Gasteiger partial charge in [-0.15, -0.1) is 10.2 Å². The number of nitrogens with zero attached hydrogens (tertiary/aromatic N) is 3. The number of para-hydroxylation sites is 1. The second-order valence-electron chi connectivity index (χ2n) is 5.37. The van der Waals surface area contributed by atoms with Crippen LogP contribution in [-0.4, -0.2) is 34.6 Å². The Bertz CT molecular complexity index is 898. The third-order valence-corrected chi connectivity index (χ3v) is 4.48. The molecule has 0 bridgehead atoms. The number of rotatable bonds is 9. The fourth-order valence-corrected chi connectivity index (χ4v) is 2.94. The van der Waals surface area contributed by atoms with E-state index in [1.165, 1.54) is 23.9 Å². The van der Waals surface area contributed by atoms with E-state index in [1.807, 2.05) is 24.3 Å². The predicted molar refractivity (Wildman–Crippen MR) is 100 cm³/mol. The van der Waals surface area contributed by atoms with Gasteiger partial charge in [-0.2, -0.15) is 0 Å². The second kappa shape index (κ2) is 9.04. The molecule has 2 aromatic carbocycles. The molecule has 0 radical (unpaired) electrons. The third-order valence-electron chi connectivity index (χ3n) is 3.57. The van der Waals surface area contributed by atoms with Gasteiger partial charge < -0.3 is 13.9 Å². The van der Waals surface area contributed by atoms with E-state index < -0.39 is 4.92 Å². The molecule has 8 nitrogen and oxygen atoms in total. The topological polar surface area (TPSA) is 101 Å².